The second-order valence-corrected chi connectivity index (χ2v) is 7.89. The summed E-state index contributed by atoms with van der Waals surface area (Å²) >= 11 is 3.01. The third-order valence-corrected chi connectivity index (χ3v) is 5.86. The SMILES string of the molecule is O=C(CSc1n[nH]c(-c2cccs2)n1)NC(C1CC1)C1CC1. The van der Waals surface area contributed by atoms with Gasteiger partial charge in [0.05, 0.1) is 10.6 Å². The smallest absolute Gasteiger partial charge is 0.230 e. The van der Waals surface area contributed by atoms with E-state index in [4.69, 9.17) is 0 Å². The van der Waals surface area contributed by atoms with E-state index in [1.165, 1.54) is 37.4 Å². The minimum Gasteiger partial charge on any atom is -0.352 e. The van der Waals surface area contributed by atoms with E-state index in [9.17, 15) is 4.79 Å². The molecule has 0 aromatic carbocycles. The first kappa shape index (κ1) is 14.3. The fourth-order valence-corrected chi connectivity index (χ4v) is 4.00. The van der Waals surface area contributed by atoms with Crippen molar-refractivity contribution in [3.05, 3.63) is 17.5 Å². The zero-order valence-electron chi connectivity index (χ0n) is 12.1. The van der Waals surface area contributed by atoms with Gasteiger partial charge in [-0.05, 0) is 49.0 Å². The van der Waals surface area contributed by atoms with Crippen LogP contribution in [-0.4, -0.2) is 32.9 Å². The van der Waals surface area contributed by atoms with Gasteiger partial charge in [-0.2, -0.15) is 0 Å². The third-order valence-electron chi connectivity index (χ3n) is 4.14. The Balaban J connectivity index is 1.29. The lowest BCUT2D eigenvalue weighted by Gasteiger charge is -2.17. The Morgan fingerprint density at radius 3 is 2.82 bits per heavy atom. The van der Waals surface area contributed by atoms with Crippen LogP contribution >= 0.6 is 23.1 Å². The highest BCUT2D eigenvalue weighted by Gasteiger charge is 2.42. The van der Waals surface area contributed by atoms with Crippen molar-refractivity contribution in [3.8, 4) is 10.7 Å². The summed E-state index contributed by atoms with van der Waals surface area (Å²) in [5, 5.41) is 13.0. The second-order valence-electron chi connectivity index (χ2n) is 6.00. The molecule has 22 heavy (non-hydrogen) atoms. The largest absolute Gasteiger partial charge is 0.352 e. The monoisotopic (exact) mass is 334 g/mol. The Hall–Kier alpha value is -1.34. The van der Waals surface area contributed by atoms with E-state index in [0.29, 0.717) is 17.0 Å². The van der Waals surface area contributed by atoms with E-state index in [2.05, 4.69) is 20.5 Å². The van der Waals surface area contributed by atoms with Gasteiger partial charge < -0.3 is 5.32 Å². The van der Waals surface area contributed by atoms with Crippen molar-refractivity contribution in [1.29, 1.82) is 0 Å². The van der Waals surface area contributed by atoms with Crippen molar-refractivity contribution in [2.75, 3.05) is 5.75 Å². The molecule has 2 N–H and O–H groups in total. The summed E-state index contributed by atoms with van der Waals surface area (Å²) < 4.78 is 0. The number of carbonyl (C=O) groups excluding carboxylic acids is 1. The molecular weight excluding hydrogens is 316 g/mol. The van der Waals surface area contributed by atoms with Crippen LogP contribution in [0, 0.1) is 11.8 Å². The summed E-state index contributed by atoms with van der Waals surface area (Å²) in [6.07, 6.45) is 5.11. The molecule has 5 nitrogen and oxygen atoms in total. The summed E-state index contributed by atoms with van der Waals surface area (Å²) in [5.74, 6) is 2.73. The highest BCUT2D eigenvalue weighted by Crippen LogP contribution is 2.44. The molecule has 0 atom stereocenters. The molecule has 2 fully saturated rings. The average Bonchev–Trinajstić information content (AvgIpc) is 3.43. The van der Waals surface area contributed by atoms with Crippen LogP contribution in [0.1, 0.15) is 25.7 Å². The zero-order chi connectivity index (χ0) is 14.9. The fraction of sp³-hybridized carbons (Fsp3) is 0.533. The molecule has 4 rings (SSSR count). The highest BCUT2D eigenvalue weighted by molar-refractivity contribution is 7.99. The number of nitrogens with zero attached hydrogens (tertiary/aromatic N) is 2. The van der Waals surface area contributed by atoms with Gasteiger partial charge in [0.2, 0.25) is 11.1 Å². The molecule has 0 radical (unpaired) electrons. The minimum atomic E-state index is 0.108. The number of thiophene rings is 1. The molecule has 2 saturated carbocycles. The number of rotatable bonds is 7. The van der Waals surface area contributed by atoms with Crippen LogP contribution in [-0.2, 0) is 4.79 Å². The summed E-state index contributed by atoms with van der Waals surface area (Å²) in [6.45, 7) is 0. The van der Waals surface area contributed by atoms with Gasteiger partial charge >= 0.3 is 0 Å². The van der Waals surface area contributed by atoms with Gasteiger partial charge in [0.1, 0.15) is 0 Å². The molecule has 7 heteroatoms. The van der Waals surface area contributed by atoms with Crippen molar-refractivity contribution in [2.45, 2.75) is 36.9 Å². The predicted molar refractivity (Wildman–Crippen MR) is 87.8 cm³/mol. The van der Waals surface area contributed by atoms with E-state index >= 15 is 0 Å². The van der Waals surface area contributed by atoms with E-state index in [1.807, 2.05) is 17.5 Å². The number of thioether (sulfide) groups is 1. The average molecular weight is 334 g/mol. The summed E-state index contributed by atoms with van der Waals surface area (Å²) in [6, 6.07) is 4.41. The molecule has 2 aromatic rings. The molecule has 2 aromatic heterocycles. The fourth-order valence-electron chi connectivity index (χ4n) is 2.72. The maximum absolute atomic E-state index is 12.1. The number of nitrogens with one attached hydrogen (secondary N) is 2. The first-order valence-electron chi connectivity index (χ1n) is 7.68. The van der Waals surface area contributed by atoms with Crippen molar-refractivity contribution in [3.63, 3.8) is 0 Å². The summed E-state index contributed by atoms with van der Waals surface area (Å²) in [5.41, 5.74) is 0. The Kier molecular flexibility index (Phi) is 3.92. The summed E-state index contributed by atoms with van der Waals surface area (Å²) in [4.78, 5) is 17.6. The van der Waals surface area contributed by atoms with Gasteiger partial charge in [0.15, 0.2) is 5.82 Å². The van der Waals surface area contributed by atoms with Gasteiger partial charge in [-0.25, -0.2) is 4.98 Å². The van der Waals surface area contributed by atoms with Crippen LogP contribution in [0.25, 0.3) is 10.7 Å². The number of amides is 1. The maximum atomic E-state index is 12.1. The molecule has 2 aliphatic rings. The molecule has 0 saturated heterocycles. The Morgan fingerprint density at radius 1 is 1.41 bits per heavy atom. The third kappa shape index (κ3) is 3.35. The van der Waals surface area contributed by atoms with Gasteiger partial charge in [-0.15, -0.1) is 16.4 Å². The van der Waals surface area contributed by atoms with Gasteiger partial charge in [-0.1, -0.05) is 17.8 Å². The van der Waals surface area contributed by atoms with Gasteiger partial charge in [-0.3, -0.25) is 9.89 Å². The molecule has 0 unspecified atom stereocenters. The quantitative estimate of drug-likeness (QED) is 0.764. The summed E-state index contributed by atoms with van der Waals surface area (Å²) in [7, 11) is 0. The lowest BCUT2D eigenvalue weighted by atomic mass is 10.1. The number of hydrogen-bond acceptors (Lipinski definition) is 5. The molecular formula is C15H18N4OS2. The highest BCUT2D eigenvalue weighted by atomic mass is 32.2. The van der Waals surface area contributed by atoms with E-state index in [0.717, 1.165) is 22.5 Å². The number of hydrogen-bond donors (Lipinski definition) is 2. The van der Waals surface area contributed by atoms with Crippen LogP contribution in [0.4, 0.5) is 0 Å². The predicted octanol–water partition coefficient (Wildman–Crippen LogP) is 2.93. The van der Waals surface area contributed by atoms with Crippen LogP contribution in [0.15, 0.2) is 22.7 Å². The van der Waals surface area contributed by atoms with E-state index < -0.39 is 0 Å². The number of aromatic amines is 1. The van der Waals surface area contributed by atoms with Crippen molar-refractivity contribution < 1.29 is 4.79 Å². The maximum Gasteiger partial charge on any atom is 0.230 e. The normalized spacial score (nSPS) is 17.9. The molecule has 2 aliphatic carbocycles. The van der Waals surface area contributed by atoms with Crippen molar-refractivity contribution >= 4 is 29.0 Å². The lowest BCUT2D eigenvalue weighted by Crippen LogP contribution is -2.39. The number of aromatic nitrogens is 3. The Morgan fingerprint density at radius 2 is 2.18 bits per heavy atom. The van der Waals surface area contributed by atoms with Crippen molar-refractivity contribution in [1.82, 2.24) is 20.5 Å². The topological polar surface area (TPSA) is 70.7 Å². The molecule has 2 heterocycles. The first-order valence-corrected chi connectivity index (χ1v) is 9.54. The van der Waals surface area contributed by atoms with Crippen LogP contribution in [0.5, 0.6) is 0 Å². The molecule has 1 amide bonds. The molecule has 0 bridgehead atoms. The standard InChI is InChI=1S/C15H18N4OS2/c20-12(16-13(9-3-4-9)10-5-6-10)8-22-15-17-14(18-19-15)11-2-1-7-21-11/h1-2,7,9-10,13H,3-6,8H2,(H,16,20)(H,17,18,19). The van der Waals surface area contributed by atoms with Gasteiger partial charge in [0.25, 0.3) is 0 Å². The van der Waals surface area contributed by atoms with E-state index in [1.54, 1.807) is 11.3 Å². The molecule has 116 valence electrons. The number of carbonyl (C=O) groups is 1. The Labute approximate surface area is 137 Å². The number of H-pyrrole nitrogens is 1. The van der Waals surface area contributed by atoms with Crippen LogP contribution in [0.3, 0.4) is 0 Å². The van der Waals surface area contributed by atoms with Crippen LogP contribution < -0.4 is 5.32 Å². The van der Waals surface area contributed by atoms with Gasteiger partial charge in [0, 0.05) is 6.04 Å². The van der Waals surface area contributed by atoms with E-state index in [-0.39, 0.29) is 5.91 Å². The minimum absolute atomic E-state index is 0.108. The zero-order valence-corrected chi connectivity index (χ0v) is 13.8. The van der Waals surface area contributed by atoms with Crippen molar-refractivity contribution in [2.24, 2.45) is 11.8 Å². The molecule has 0 spiro atoms. The Bertz CT molecular complexity index is 634. The second kappa shape index (κ2) is 6.04. The van der Waals surface area contributed by atoms with Crippen LogP contribution in [0.2, 0.25) is 0 Å². The molecule has 0 aliphatic heterocycles. The lowest BCUT2D eigenvalue weighted by molar-refractivity contribution is -0.119. The first-order chi connectivity index (χ1) is 10.8.